The molecule has 0 saturated carbocycles. The molecule has 1 aromatic rings. The number of nitrogens with two attached hydrogens (primary N) is 1. The van der Waals surface area contributed by atoms with Crippen LogP contribution in [0.3, 0.4) is 0 Å². The van der Waals surface area contributed by atoms with Gasteiger partial charge in [0.2, 0.25) is 0 Å². The van der Waals surface area contributed by atoms with E-state index in [0.717, 1.165) is 13.0 Å². The first kappa shape index (κ1) is 13.7. The Kier molecular flexibility index (Phi) is 5.03. The Morgan fingerprint density at radius 2 is 2.05 bits per heavy atom. The number of likely N-dealkylation sites (tertiary alicyclic amines) is 1. The average Bonchev–Trinajstić information content (AvgIpc) is 2.96. The summed E-state index contributed by atoms with van der Waals surface area (Å²) in [7, 11) is 0. The second kappa shape index (κ2) is 6.99. The Hall–Kier alpha value is -1.75. The van der Waals surface area contributed by atoms with Crippen molar-refractivity contribution in [2.24, 2.45) is 10.9 Å². The SMILES string of the molecule is N/C(=N/O)c1ccccc1OCCCN1CCCC1. The van der Waals surface area contributed by atoms with E-state index in [4.69, 9.17) is 15.7 Å². The van der Waals surface area contributed by atoms with Crippen LogP contribution in [0, 0.1) is 0 Å². The molecule has 0 spiro atoms. The van der Waals surface area contributed by atoms with E-state index in [1.807, 2.05) is 18.2 Å². The highest BCUT2D eigenvalue weighted by molar-refractivity contribution is 5.99. The molecule has 1 saturated heterocycles. The summed E-state index contributed by atoms with van der Waals surface area (Å²) in [5.74, 6) is 0.745. The quantitative estimate of drug-likeness (QED) is 0.269. The molecule has 3 N–H and O–H groups in total. The molecule has 0 amide bonds. The number of hydrogen-bond acceptors (Lipinski definition) is 4. The third-order valence-electron chi connectivity index (χ3n) is 3.35. The third-order valence-corrected chi connectivity index (χ3v) is 3.35. The lowest BCUT2D eigenvalue weighted by atomic mass is 10.2. The van der Waals surface area contributed by atoms with Crippen molar-refractivity contribution in [2.75, 3.05) is 26.2 Å². The van der Waals surface area contributed by atoms with Gasteiger partial charge >= 0.3 is 0 Å². The van der Waals surface area contributed by atoms with Gasteiger partial charge in [0.15, 0.2) is 5.84 Å². The van der Waals surface area contributed by atoms with Gasteiger partial charge in [0.25, 0.3) is 0 Å². The largest absolute Gasteiger partial charge is 0.493 e. The monoisotopic (exact) mass is 263 g/mol. The molecular formula is C14H21N3O2. The van der Waals surface area contributed by atoms with E-state index < -0.39 is 0 Å². The Morgan fingerprint density at radius 1 is 1.32 bits per heavy atom. The van der Waals surface area contributed by atoms with Crippen LogP contribution in [-0.4, -0.2) is 42.2 Å². The summed E-state index contributed by atoms with van der Waals surface area (Å²) in [5.41, 5.74) is 6.24. The smallest absolute Gasteiger partial charge is 0.173 e. The topological polar surface area (TPSA) is 71.1 Å². The molecule has 1 aliphatic rings. The number of benzene rings is 1. The zero-order valence-electron chi connectivity index (χ0n) is 11.1. The second-order valence-electron chi connectivity index (χ2n) is 4.73. The zero-order valence-corrected chi connectivity index (χ0v) is 11.1. The van der Waals surface area contributed by atoms with Gasteiger partial charge in [-0.25, -0.2) is 0 Å². The highest BCUT2D eigenvalue weighted by Crippen LogP contribution is 2.18. The molecular weight excluding hydrogens is 242 g/mol. The van der Waals surface area contributed by atoms with Crippen LogP contribution < -0.4 is 10.5 Å². The highest BCUT2D eigenvalue weighted by atomic mass is 16.5. The predicted octanol–water partition coefficient (Wildman–Crippen LogP) is 1.65. The summed E-state index contributed by atoms with van der Waals surface area (Å²) in [4.78, 5) is 2.46. The molecule has 0 radical (unpaired) electrons. The van der Waals surface area contributed by atoms with Gasteiger partial charge in [-0.05, 0) is 44.5 Å². The predicted molar refractivity (Wildman–Crippen MR) is 74.7 cm³/mol. The number of para-hydroxylation sites is 1. The number of rotatable bonds is 6. The van der Waals surface area contributed by atoms with Crippen molar-refractivity contribution < 1.29 is 9.94 Å². The van der Waals surface area contributed by atoms with Crippen molar-refractivity contribution in [1.82, 2.24) is 4.90 Å². The Morgan fingerprint density at radius 3 is 2.79 bits per heavy atom. The number of ether oxygens (including phenoxy) is 1. The van der Waals surface area contributed by atoms with E-state index in [2.05, 4.69) is 10.1 Å². The molecule has 0 unspecified atom stereocenters. The lowest BCUT2D eigenvalue weighted by molar-refractivity contribution is 0.263. The van der Waals surface area contributed by atoms with Gasteiger partial charge in [0.1, 0.15) is 5.75 Å². The molecule has 104 valence electrons. The van der Waals surface area contributed by atoms with Crippen LogP contribution in [0.5, 0.6) is 5.75 Å². The molecule has 1 aromatic carbocycles. The number of amidine groups is 1. The summed E-state index contributed by atoms with van der Waals surface area (Å²) in [6.45, 7) is 4.14. The van der Waals surface area contributed by atoms with E-state index in [-0.39, 0.29) is 5.84 Å². The molecule has 1 aliphatic heterocycles. The fourth-order valence-corrected chi connectivity index (χ4v) is 2.33. The molecule has 5 nitrogen and oxygen atoms in total. The molecule has 1 fully saturated rings. The van der Waals surface area contributed by atoms with Crippen LogP contribution in [0.2, 0.25) is 0 Å². The van der Waals surface area contributed by atoms with E-state index in [0.29, 0.717) is 17.9 Å². The fourth-order valence-electron chi connectivity index (χ4n) is 2.33. The molecule has 1 heterocycles. The molecule has 5 heteroatoms. The first-order valence-corrected chi connectivity index (χ1v) is 6.73. The van der Waals surface area contributed by atoms with Gasteiger partial charge in [-0.2, -0.15) is 0 Å². The number of hydrogen-bond donors (Lipinski definition) is 2. The van der Waals surface area contributed by atoms with Crippen LogP contribution in [0.1, 0.15) is 24.8 Å². The van der Waals surface area contributed by atoms with Crippen molar-refractivity contribution in [3.63, 3.8) is 0 Å². The summed E-state index contributed by atoms with van der Waals surface area (Å²) < 4.78 is 5.72. The maximum absolute atomic E-state index is 8.73. The Balaban J connectivity index is 1.82. The minimum Gasteiger partial charge on any atom is -0.493 e. The molecule has 0 bridgehead atoms. The van der Waals surface area contributed by atoms with Gasteiger partial charge < -0.3 is 20.6 Å². The van der Waals surface area contributed by atoms with E-state index in [9.17, 15) is 0 Å². The fraction of sp³-hybridized carbons (Fsp3) is 0.500. The maximum atomic E-state index is 8.73. The van der Waals surface area contributed by atoms with E-state index in [1.54, 1.807) is 6.07 Å². The van der Waals surface area contributed by atoms with Gasteiger partial charge in [-0.3, -0.25) is 0 Å². The Labute approximate surface area is 113 Å². The van der Waals surface area contributed by atoms with Crippen molar-refractivity contribution in [1.29, 1.82) is 0 Å². The van der Waals surface area contributed by atoms with E-state index in [1.165, 1.54) is 25.9 Å². The third kappa shape index (κ3) is 3.86. The van der Waals surface area contributed by atoms with Crippen LogP contribution in [-0.2, 0) is 0 Å². The molecule has 0 atom stereocenters. The van der Waals surface area contributed by atoms with Crippen LogP contribution in [0.4, 0.5) is 0 Å². The lowest BCUT2D eigenvalue weighted by Crippen LogP contribution is -2.22. The van der Waals surface area contributed by atoms with Crippen molar-refractivity contribution in [3.8, 4) is 5.75 Å². The van der Waals surface area contributed by atoms with Crippen molar-refractivity contribution in [3.05, 3.63) is 29.8 Å². The molecule has 2 rings (SSSR count). The van der Waals surface area contributed by atoms with Gasteiger partial charge in [0, 0.05) is 6.54 Å². The average molecular weight is 263 g/mol. The minimum atomic E-state index is 0.0788. The number of oxime groups is 1. The van der Waals surface area contributed by atoms with Gasteiger partial charge in [0.05, 0.1) is 12.2 Å². The van der Waals surface area contributed by atoms with Crippen LogP contribution in [0.15, 0.2) is 29.4 Å². The van der Waals surface area contributed by atoms with Gasteiger partial charge in [-0.15, -0.1) is 0 Å². The first-order chi connectivity index (χ1) is 9.31. The van der Waals surface area contributed by atoms with Crippen LogP contribution >= 0.6 is 0 Å². The first-order valence-electron chi connectivity index (χ1n) is 6.73. The van der Waals surface area contributed by atoms with Crippen molar-refractivity contribution in [2.45, 2.75) is 19.3 Å². The summed E-state index contributed by atoms with van der Waals surface area (Å²) >= 11 is 0. The van der Waals surface area contributed by atoms with Gasteiger partial charge in [-0.1, -0.05) is 17.3 Å². The second-order valence-corrected chi connectivity index (χ2v) is 4.73. The van der Waals surface area contributed by atoms with E-state index >= 15 is 0 Å². The summed E-state index contributed by atoms with van der Waals surface area (Å²) in [6.07, 6.45) is 3.62. The normalized spacial score (nSPS) is 16.7. The van der Waals surface area contributed by atoms with Crippen molar-refractivity contribution >= 4 is 5.84 Å². The highest BCUT2D eigenvalue weighted by Gasteiger charge is 2.11. The van der Waals surface area contributed by atoms with Crippen LogP contribution in [0.25, 0.3) is 0 Å². The maximum Gasteiger partial charge on any atom is 0.173 e. The minimum absolute atomic E-state index is 0.0788. The molecule has 0 aliphatic carbocycles. The lowest BCUT2D eigenvalue weighted by Gasteiger charge is -2.15. The summed E-state index contributed by atoms with van der Waals surface area (Å²) in [5, 5.41) is 11.7. The summed E-state index contributed by atoms with van der Waals surface area (Å²) in [6, 6.07) is 7.34. The molecule has 19 heavy (non-hydrogen) atoms. The standard InChI is InChI=1S/C14H21N3O2/c15-14(16-18)12-6-1-2-7-13(12)19-11-5-10-17-8-3-4-9-17/h1-2,6-7,18H,3-5,8-11H2,(H2,15,16). The number of nitrogens with zero attached hydrogens (tertiary/aromatic N) is 2. The Bertz CT molecular complexity index is 428. The zero-order chi connectivity index (χ0) is 13.5. The molecule has 0 aromatic heterocycles.